The molecule has 0 unspecified atom stereocenters. The first-order chi connectivity index (χ1) is 5.18. The zero-order valence-corrected chi connectivity index (χ0v) is 8.77. The van der Waals surface area contributed by atoms with Gasteiger partial charge in [-0.25, -0.2) is 0 Å². The Morgan fingerprint density at radius 3 is 2.73 bits per heavy atom. The summed E-state index contributed by atoms with van der Waals surface area (Å²) in [4.78, 5) is 10.9. The van der Waals surface area contributed by atoms with Crippen LogP contribution in [-0.2, 0) is 9.53 Å². The molecule has 0 N–H and O–H groups in total. The number of ketones is 1. The number of Topliss-reactive ketones (excluding diaryl/α,β-unsaturated/α-hetero) is 1. The van der Waals surface area contributed by atoms with Gasteiger partial charge < -0.3 is 4.74 Å². The molecule has 11 heavy (non-hydrogen) atoms. The van der Waals surface area contributed by atoms with Gasteiger partial charge in [0.1, 0.15) is 0 Å². The number of allylic oxidation sites excluding steroid dienone is 1. The molecule has 0 amide bonds. The van der Waals surface area contributed by atoms with E-state index >= 15 is 0 Å². The van der Waals surface area contributed by atoms with Crippen molar-refractivity contribution in [3.63, 3.8) is 0 Å². The summed E-state index contributed by atoms with van der Waals surface area (Å²) in [6.07, 6.45) is 1.37. The highest BCUT2D eigenvalue weighted by atomic mass is 28.2. The third-order valence-electron chi connectivity index (χ3n) is 1.30. The van der Waals surface area contributed by atoms with Gasteiger partial charge in [0.15, 0.2) is 5.78 Å². The predicted octanol–water partition coefficient (Wildman–Crippen LogP) is 0.713. The monoisotopic (exact) mass is 172 g/mol. The number of carbonyl (C=O) groups is 1. The van der Waals surface area contributed by atoms with Crippen LogP contribution in [0.2, 0.25) is 6.55 Å². The highest BCUT2D eigenvalue weighted by molar-refractivity contribution is 6.33. The number of hydrogen-bond acceptors (Lipinski definition) is 2. The first kappa shape index (κ1) is 10.6. The van der Waals surface area contributed by atoms with Crippen molar-refractivity contribution in [2.75, 3.05) is 12.8 Å². The molecule has 64 valence electrons. The van der Waals surface area contributed by atoms with Gasteiger partial charge in [-0.1, -0.05) is 13.1 Å². The van der Waals surface area contributed by atoms with Gasteiger partial charge in [0.05, 0.1) is 6.61 Å². The quantitative estimate of drug-likeness (QED) is 0.335. The molecule has 0 saturated carbocycles. The molecule has 0 bridgehead atoms. The van der Waals surface area contributed by atoms with Crippen LogP contribution in [0.25, 0.3) is 0 Å². The van der Waals surface area contributed by atoms with E-state index in [1.807, 2.05) is 0 Å². The third-order valence-corrected chi connectivity index (χ3v) is 1.99. The van der Waals surface area contributed by atoms with Gasteiger partial charge in [-0.3, -0.25) is 4.79 Å². The summed E-state index contributed by atoms with van der Waals surface area (Å²) in [6.45, 7) is 8.03. The smallest absolute Gasteiger partial charge is 0.160 e. The molecule has 2 nitrogen and oxygen atoms in total. The zero-order valence-electron chi connectivity index (χ0n) is 7.35. The number of hydrogen-bond donors (Lipinski definition) is 0. The van der Waals surface area contributed by atoms with E-state index in [2.05, 4.69) is 13.1 Å². The van der Waals surface area contributed by atoms with Gasteiger partial charge in [0.25, 0.3) is 0 Å². The lowest BCUT2D eigenvalue weighted by molar-refractivity contribution is -0.116. The van der Waals surface area contributed by atoms with Crippen molar-refractivity contribution in [1.29, 1.82) is 0 Å². The van der Waals surface area contributed by atoms with Crippen molar-refractivity contribution in [2.24, 2.45) is 0 Å². The van der Waals surface area contributed by atoms with Crippen LogP contribution in [-0.4, -0.2) is 28.1 Å². The normalized spacial score (nSPS) is 10.7. The number of rotatable bonds is 6. The van der Waals surface area contributed by atoms with Crippen molar-refractivity contribution in [3.8, 4) is 0 Å². The summed E-state index contributed by atoms with van der Waals surface area (Å²) in [5.41, 5.74) is 0.627. The minimum Gasteiger partial charge on any atom is -0.385 e. The van der Waals surface area contributed by atoms with Gasteiger partial charge in [-0.2, -0.15) is 0 Å². The fourth-order valence-corrected chi connectivity index (χ4v) is 1.12. The van der Waals surface area contributed by atoms with Gasteiger partial charge in [-0.15, -0.1) is 0 Å². The number of ether oxygens (including phenoxy) is 1. The van der Waals surface area contributed by atoms with Crippen molar-refractivity contribution in [1.82, 2.24) is 0 Å². The molecule has 0 atom stereocenters. The lowest BCUT2D eigenvalue weighted by Crippen LogP contribution is -2.07. The molecule has 0 aliphatic carbocycles. The summed E-state index contributed by atoms with van der Waals surface area (Å²) < 4.78 is 5.20. The Bertz CT molecular complexity index is 143. The van der Waals surface area contributed by atoms with E-state index in [-0.39, 0.29) is 15.3 Å². The molecule has 0 saturated heterocycles. The fraction of sp³-hybridized carbons (Fsp3) is 0.625. The Hall–Kier alpha value is -0.413. The molecule has 0 aromatic rings. The number of carbonyl (C=O) groups excluding carboxylic acids is 1. The molecule has 0 fully saturated rings. The van der Waals surface area contributed by atoms with Crippen LogP contribution in [0.4, 0.5) is 0 Å². The van der Waals surface area contributed by atoms with Crippen LogP contribution in [0, 0.1) is 0 Å². The summed E-state index contributed by atoms with van der Waals surface area (Å²) >= 11 is 0. The van der Waals surface area contributed by atoms with Crippen LogP contribution in [0.3, 0.4) is 0 Å². The SMILES string of the molecule is C=C(C)C(=O)CCOC[SiH2]C. The Morgan fingerprint density at radius 1 is 1.64 bits per heavy atom. The van der Waals surface area contributed by atoms with Crippen LogP contribution in [0.5, 0.6) is 0 Å². The van der Waals surface area contributed by atoms with E-state index < -0.39 is 0 Å². The van der Waals surface area contributed by atoms with Crippen LogP contribution >= 0.6 is 0 Å². The molecule has 0 aromatic heterocycles. The Labute approximate surface area is 70.5 Å². The van der Waals surface area contributed by atoms with E-state index in [4.69, 9.17) is 4.74 Å². The van der Waals surface area contributed by atoms with Crippen LogP contribution in [0.1, 0.15) is 13.3 Å². The average Bonchev–Trinajstić information content (AvgIpc) is 1.97. The van der Waals surface area contributed by atoms with Crippen LogP contribution in [0.15, 0.2) is 12.2 Å². The van der Waals surface area contributed by atoms with Crippen molar-refractivity contribution in [3.05, 3.63) is 12.2 Å². The van der Waals surface area contributed by atoms with Crippen molar-refractivity contribution >= 4 is 15.3 Å². The van der Waals surface area contributed by atoms with Gasteiger partial charge in [0, 0.05) is 22.2 Å². The Morgan fingerprint density at radius 2 is 2.27 bits per heavy atom. The summed E-state index contributed by atoms with van der Waals surface area (Å²) in [7, 11) is -0.00622. The molecule has 0 aliphatic rings. The van der Waals surface area contributed by atoms with E-state index in [9.17, 15) is 4.79 Å². The zero-order chi connectivity index (χ0) is 8.69. The largest absolute Gasteiger partial charge is 0.385 e. The summed E-state index contributed by atoms with van der Waals surface area (Å²) in [5, 5.41) is 0. The first-order valence-electron chi connectivity index (χ1n) is 3.95. The van der Waals surface area contributed by atoms with Crippen LogP contribution < -0.4 is 0 Å². The molecule has 0 heterocycles. The summed E-state index contributed by atoms with van der Waals surface area (Å²) in [6, 6.07) is 0. The molecule has 0 radical (unpaired) electrons. The molecular formula is C8H16O2Si. The van der Waals surface area contributed by atoms with E-state index in [1.165, 1.54) is 0 Å². The molecular weight excluding hydrogens is 156 g/mol. The van der Waals surface area contributed by atoms with Crippen molar-refractivity contribution in [2.45, 2.75) is 19.9 Å². The Balaban J connectivity index is 3.25. The summed E-state index contributed by atoms with van der Waals surface area (Å²) in [5.74, 6) is 0.114. The van der Waals surface area contributed by atoms with Gasteiger partial charge >= 0.3 is 0 Å². The molecule has 0 spiro atoms. The average molecular weight is 172 g/mol. The van der Waals surface area contributed by atoms with E-state index in [0.717, 1.165) is 6.23 Å². The minimum atomic E-state index is -0.00622. The lowest BCUT2D eigenvalue weighted by atomic mass is 10.2. The second-order valence-corrected chi connectivity index (χ2v) is 3.97. The Kier molecular flexibility index (Phi) is 6.07. The van der Waals surface area contributed by atoms with Gasteiger partial charge in [0.2, 0.25) is 0 Å². The second kappa shape index (κ2) is 6.31. The predicted molar refractivity (Wildman–Crippen MR) is 49.7 cm³/mol. The maximum atomic E-state index is 10.9. The highest BCUT2D eigenvalue weighted by Crippen LogP contribution is 1.94. The van der Waals surface area contributed by atoms with Gasteiger partial charge in [-0.05, 0) is 12.5 Å². The second-order valence-electron chi connectivity index (χ2n) is 2.57. The lowest BCUT2D eigenvalue weighted by Gasteiger charge is -2.00. The highest BCUT2D eigenvalue weighted by Gasteiger charge is 2.00. The maximum absolute atomic E-state index is 10.9. The molecule has 0 aromatic carbocycles. The maximum Gasteiger partial charge on any atom is 0.160 e. The third kappa shape index (κ3) is 6.00. The topological polar surface area (TPSA) is 26.3 Å². The molecule has 3 heteroatoms. The van der Waals surface area contributed by atoms with Crippen molar-refractivity contribution < 1.29 is 9.53 Å². The molecule has 0 rings (SSSR count). The standard InChI is InChI=1S/C8H16O2Si/c1-7(2)8(9)4-5-10-6-11-3/h1,4-6,11H2,2-3H3. The fourth-order valence-electron chi connectivity index (χ4n) is 0.625. The van der Waals surface area contributed by atoms with E-state index in [0.29, 0.717) is 18.6 Å². The molecule has 0 aliphatic heterocycles. The van der Waals surface area contributed by atoms with E-state index in [1.54, 1.807) is 6.92 Å². The first-order valence-corrected chi connectivity index (χ1v) is 6.36. The minimum absolute atomic E-state index is 0.00622.